The first-order chi connectivity index (χ1) is 8.34. The van der Waals surface area contributed by atoms with Gasteiger partial charge in [-0.3, -0.25) is 0 Å². The Kier molecular flexibility index (Phi) is 2.93. The lowest BCUT2D eigenvalue weighted by molar-refractivity contribution is 0.255. The smallest absolute Gasteiger partial charge is 0.0527 e. The van der Waals surface area contributed by atoms with Crippen molar-refractivity contribution in [3.63, 3.8) is 0 Å². The van der Waals surface area contributed by atoms with Crippen LogP contribution in [0.2, 0.25) is 0 Å². The van der Waals surface area contributed by atoms with Crippen LogP contribution in [0.3, 0.4) is 0 Å². The van der Waals surface area contributed by atoms with Gasteiger partial charge in [0.15, 0.2) is 0 Å². The van der Waals surface area contributed by atoms with Crippen molar-refractivity contribution in [2.45, 2.75) is 43.6 Å². The molecule has 2 fully saturated rings. The summed E-state index contributed by atoms with van der Waals surface area (Å²) in [5, 5.41) is 13.1. The van der Waals surface area contributed by atoms with Gasteiger partial charge in [0, 0.05) is 11.5 Å². The predicted octanol–water partition coefficient (Wildman–Crippen LogP) is 2.53. The summed E-state index contributed by atoms with van der Waals surface area (Å²) < 4.78 is 0. The largest absolute Gasteiger partial charge is 0.395 e. The molecule has 2 heteroatoms. The third kappa shape index (κ3) is 2.12. The first kappa shape index (κ1) is 11.2. The van der Waals surface area contributed by atoms with Crippen molar-refractivity contribution in [3.8, 4) is 0 Å². The highest BCUT2D eigenvalue weighted by Crippen LogP contribution is 2.48. The Bertz CT molecular complexity index is 392. The standard InChI is InChI=1S/C15H21NO/c17-11-15(7-8-15)13-5-3-4-12(10-13)14-6-1-2-9-16-14/h3-5,10,14,16-17H,1-2,6-9,11H2. The van der Waals surface area contributed by atoms with Gasteiger partial charge in [-0.15, -0.1) is 0 Å². The third-order valence-corrected chi connectivity index (χ3v) is 4.37. The first-order valence-electron chi connectivity index (χ1n) is 6.79. The minimum absolute atomic E-state index is 0.102. The fourth-order valence-corrected chi connectivity index (χ4v) is 2.91. The van der Waals surface area contributed by atoms with Crippen LogP contribution in [-0.4, -0.2) is 18.3 Å². The molecule has 1 aromatic rings. The van der Waals surface area contributed by atoms with E-state index in [1.807, 2.05) is 0 Å². The molecule has 17 heavy (non-hydrogen) atoms. The molecule has 3 rings (SSSR count). The monoisotopic (exact) mass is 231 g/mol. The van der Waals surface area contributed by atoms with Crippen molar-refractivity contribution < 1.29 is 5.11 Å². The van der Waals surface area contributed by atoms with Crippen LogP contribution in [0.4, 0.5) is 0 Å². The van der Waals surface area contributed by atoms with Gasteiger partial charge in [-0.25, -0.2) is 0 Å². The molecule has 92 valence electrons. The van der Waals surface area contributed by atoms with E-state index in [1.165, 1.54) is 30.4 Å². The molecule has 1 saturated heterocycles. The second kappa shape index (κ2) is 4.43. The highest BCUT2D eigenvalue weighted by Gasteiger charge is 2.43. The van der Waals surface area contributed by atoms with Crippen molar-refractivity contribution in [2.24, 2.45) is 0 Å². The fourth-order valence-electron chi connectivity index (χ4n) is 2.91. The van der Waals surface area contributed by atoms with Crippen molar-refractivity contribution in [1.29, 1.82) is 0 Å². The molecule has 1 aliphatic heterocycles. The lowest BCUT2D eigenvalue weighted by Crippen LogP contribution is -2.27. The number of rotatable bonds is 3. The van der Waals surface area contributed by atoms with Gasteiger partial charge in [0.25, 0.3) is 0 Å². The van der Waals surface area contributed by atoms with E-state index in [4.69, 9.17) is 0 Å². The quantitative estimate of drug-likeness (QED) is 0.838. The molecule has 1 aromatic carbocycles. The summed E-state index contributed by atoms with van der Waals surface area (Å²) in [6, 6.07) is 9.39. The van der Waals surface area contributed by atoms with E-state index in [2.05, 4.69) is 29.6 Å². The molecule has 1 saturated carbocycles. The van der Waals surface area contributed by atoms with Crippen LogP contribution in [0, 0.1) is 0 Å². The highest BCUT2D eigenvalue weighted by atomic mass is 16.3. The number of nitrogens with one attached hydrogen (secondary N) is 1. The Balaban J connectivity index is 1.83. The van der Waals surface area contributed by atoms with E-state index < -0.39 is 0 Å². The summed E-state index contributed by atoms with van der Waals surface area (Å²) in [4.78, 5) is 0. The van der Waals surface area contributed by atoms with Crippen LogP contribution >= 0.6 is 0 Å². The summed E-state index contributed by atoms with van der Waals surface area (Å²) in [7, 11) is 0. The van der Waals surface area contributed by atoms with E-state index in [9.17, 15) is 5.11 Å². The van der Waals surface area contributed by atoms with Crippen molar-refractivity contribution in [3.05, 3.63) is 35.4 Å². The lowest BCUT2D eigenvalue weighted by atomic mass is 9.91. The average Bonchev–Trinajstić information content (AvgIpc) is 3.21. The molecular formula is C15H21NO. The van der Waals surface area contributed by atoms with E-state index >= 15 is 0 Å². The molecular weight excluding hydrogens is 210 g/mol. The minimum Gasteiger partial charge on any atom is -0.395 e. The van der Waals surface area contributed by atoms with Gasteiger partial charge in [-0.2, -0.15) is 0 Å². The Labute approximate surface area is 103 Å². The van der Waals surface area contributed by atoms with Crippen molar-refractivity contribution in [1.82, 2.24) is 5.32 Å². The van der Waals surface area contributed by atoms with Gasteiger partial charge in [-0.05, 0) is 43.4 Å². The molecule has 0 aromatic heterocycles. The maximum atomic E-state index is 9.50. The number of aliphatic hydroxyl groups excluding tert-OH is 1. The predicted molar refractivity (Wildman–Crippen MR) is 69.0 cm³/mol. The van der Waals surface area contributed by atoms with Crippen LogP contribution in [0.1, 0.15) is 49.3 Å². The van der Waals surface area contributed by atoms with Gasteiger partial charge in [-0.1, -0.05) is 30.7 Å². The minimum atomic E-state index is 0.102. The highest BCUT2D eigenvalue weighted by molar-refractivity contribution is 5.36. The molecule has 2 nitrogen and oxygen atoms in total. The summed E-state index contributed by atoms with van der Waals surface area (Å²) >= 11 is 0. The summed E-state index contributed by atoms with van der Waals surface area (Å²) in [5.41, 5.74) is 2.84. The Morgan fingerprint density at radius 3 is 2.82 bits per heavy atom. The van der Waals surface area contributed by atoms with Crippen LogP contribution in [0.5, 0.6) is 0 Å². The van der Waals surface area contributed by atoms with Crippen LogP contribution in [0.15, 0.2) is 24.3 Å². The van der Waals surface area contributed by atoms with Gasteiger partial charge in [0.05, 0.1) is 6.61 Å². The zero-order chi connectivity index (χ0) is 11.7. The maximum absolute atomic E-state index is 9.50. The number of aliphatic hydroxyl groups is 1. The van der Waals surface area contributed by atoms with E-state index in [-0.39, 0.29) is 5.41 Å². The zero-order valence-corrected chi connectivity index (χ0v) is 10.3. The Morgan fingerprint density at radius 2 is 2.18 bits per heavy atom. The topological polar surface area (TPSA) is 32.3 Å². The SMILES string of the molecule is OCC1(c2cccc(C3CCCCN3)c2)CC1. The van der Waals surface area contributed by atoms with Gasteiger partial charge < -0.3 is 10.4 Å². The van der Waals surface area contributed by atoms with Gasteiger partial charge in [0.1, 0.15) is 0 Å². The Morgan fingerprint density at radius 1 is 1.29 bits per heavy atom. The molecule has 0 bridgehead atoms. The summed E-state index contributed by atoms with van der Waals surface area (Å²) in [5.74, 6) is 0. The molecule has 2 aliphatic rings. The van der Waals surface area contributed by atoms with Crippen LogP contribution < -0.4 is 5.32 Å². The van der Waals surface area contributed by atoms with E-state index in [0.29, 0.717) is 12.6 Å². The summed E-state index contributed by atoms with van der Waals surface area (Å²) in [6.07, 6.45) is 6.16. The molecule has 1 atom stereocenters. The molecule has 0 spiro atoms. The van der Waals surface area contributed by atoms with E-state index in [0.717, 1.165) is 19.4 Å². The average molecular weight is 231 g/mol. The number of hydrogen-bond acceptors (Lipinski definition) is 2. The summed E-state index contributed by atoms with van der Waals surface area (Å²) in [6.45, 7) is 1.44. The number of benzene rings is 1. The van der Waals surface area contributed by atoms with Gasteiger partial charge >= 0.3 is 0 Å². The Hall–Kier alpha value is -0.860. The third-order valence-electron chi connectivity index (χ3n) is 4.37. The fraction of sp³-hybridized carbons (Fsp3) is 0.600. The lowest BCUT2D eigenvalue weighted by Gasteiger charge is -2.25. The normalized spacial score (nSPS) is 26.8. The molecule has 1 heterocycles. The molecule has 2 N–H and O–H groups in total. The van der Waals surface area contributed by atoms with Crippen LogP contribution in [0.25, 0.3) is 0 Å². The molecule has 1 unspecified atom stereocenters. The van der Waals surface area contributed by atoms with Crippen molar-refractivity contribution >= 4 is 0 Å². The van der Waals surface area contributed by atoms with Gasteiger partial charge in [0.2, 0.25) is 0 Å². The van der Waals surface area contributed by atoms with Crippen LogP contribution in [-0.2, 0) is 5.41 Å². The second-order valence-corrected chi connectivity index (χ2v) is 5.57. The second-order valence-electron chi connectivity index (χ2n) is 5.57. The van der Waals surface area contributed by atoms with E-state index in [1.54, 1.807) is 0 Å². The number of piperidine rings is 1. The molecule has 0 radical (unpaired) electrons. The molecule has 1 aliphatic carbocycles. The van der Waals surface area contributed by atoms with Crippen molar-refractivity contribution in [2.75, 3.05) is 13.2 Å². The first-order valence-corrected chi connectivity index (χ1v) is 6.79. The maximum Gasteiger partial charge on any atom is 0.0527 e. The number of hydrogen-bond donors (Lipinski definition) is 2. The molecule has 0 amide bonds. The zero-order valence-electron chi connectivity index (χ0n) is 10.3.